The van der Waals surface area contributed by atoms with E-state index in [4.69, 9.17) is 5.73 Å². The fraction of sp³-hybridized carbons (Fsp3) is 0.600. The summed E-state index contributed by atoms with van der Waals surface area (Å²) in [5, 5.41) is 0. The van der Waals surface area contributed by atoms with Crippen LogP contribution in [-0.2, 0) is 10.0 Å². The van der Waals surface area contributed by atoms with Gasteiger partial charge in [-0.2, -0.15) is 4.31 Å². The van der Waals surface area contributed by atoms with E-state index in [0.29, 0.717) is 23.0 Å². The van der Waals surface area contributed by atoms with Crippen molar-refractivity contribution in [1.29, 1.82) is 0 Å². The number of benzene rings is 1. The highest BCUT2D eigenvalue weighted by atomic mass is 32.2. The van der Waals surface area contributed by atoms with Crippen molar-refractivity contribution >= 4 is 15.7 Å². The van der Waals surface area contributed by atoms with E-state index in [1.165, 1.54) is 0 Å². The van der Waals surface area contributed by atoms with Gasteiger partial charge in [0, 0.05) is 18.3 Å². The SMILES string of the molecule is CC(C)CN(C1CCCC1)S(=O)(=O)c1ccc(N)cc1. The molecule has 0 aliphatic heterocycles. The van der Waals surface area contributed by atoms with Gasteiger partial charge in [0.05, 0.1) is 4.90 Å². The molecule has 0 heterocycles. The summed E-state index contributed by atoms with van der Waals surface area (Å²) in [4.78, 5) is 0.347. The quantitative estimate of drug-likeness (QED) is 0.850. The van der Waals surface area contributed by atoms with Gasteiger partial charge < -0.3 is 5.73 Å². The number of rotatable bonds is 5. The number of sulfonamides is 1. The Balaban J connectivity index is 2.32. The van der Waals surface area contributed by atoms with Crippen molar-refractivity contribution in [3.8, 4) is 0 Å². The lowest BCUT2D eigenvalue weighted by Crippen LogP contribution is -2.41. The van der Waals surface area contributed by atoms with E-state index in [0.717, 1.165) is 25.7 Å². The maximum absolute atomic E-state index is 12.9. The van der Waals surface area contributed by atoms with Gasteiger partial charge in [-0.25, -0.2) is 8.42 Å². The average Bonchev–Trinajstić information content (AvgIpc) is 2.89. The molecule has 2 rings (SSSR count). The zero-order chi connectivity index (χ0) is 14.8. The number of nitrogens with zero attached hydrogens (tertiary/aromatic N) is 1. The van der Waals surface area contributed by atoms with E-state index in [-0.39, 0.29) is 6.04 Å². The zero-order valence-corrected chi connectivity index (χ0v) is 13.1. The molecule has 2 N–H and O–H groups in total. The molecule has 20 heavy (non-hydrogen) atoms. The van der Waals surface area contributed by atoms with Gasteiger partial charge in [0.2, 0.25) is 10.0 Å². The average molecular weight is 296 g/mol. The Morgan fingerprint density at radius 3 is 2.25 bits per heavy atom. The molecule has 0 unspecified atom stereocenters. The number of anilines is 1. The summed E-state index contributed by atoms with van der Waals surface area (Å²) in [6.45, 7) is 4.69. The van der Waals surface area contributed by atoms with Crippen molar-refractivity contribution < 1.29 is 8.42 Å². The van der Waals surface area contributed by atoms with Crippen LogP contribution >= 0.6 is 0 Å². The highest BCUT2D eigenvalue weighted by molar-refractivity contribution is 7.89. The Morgan fingerprint density at radius 1 is 1.20 bits per heavy atom. The van der Waals surface area contributed by atoms with Crippen LogP contribution < -0.4 is 5.73 Å². The molecular weight excluding hydrogens is 272 g/mol. The topological polar surface area (TPSA) is 63.4 Å². The Hall–Kier alpha value is -1.07. The van der Waals surface area contributed by atoms with Crippen LogP contribution in [0, 0.1) is 5.92 Å². The van der Waals surface area contributed by atoms with Gasteiger partial charge in [-0.05, 0) is 43.0 Å². The molecule has 1 fully saturated rings. The first-order chi connectivity index (χ1) is 9.41. The van der Waals surface area contributed by atoms with Crippen LogP contribution in [-0.4, -0.2) is 25.3 Å². The van der Waals surface area contributed by atoms with Crippen LogP contribution in [0.4, 0.5) is 5.69 Å². The first-order valence-electron chi connectivity index (χ1n) is 7.28. The number of nitrogens with two attached hydrogens (primary N) is 1. The van der Waals surface area contributed by atoms with Crippen LogP contribution in [0.3, 0.4) is 0 Å². The van der Waals surface area contributed by atoms with Crippen molar-refractivity contribution in [2.24, 2.45) is 5.92 Å². The summed E-state index contributed by atoms with van der Waals surface area (Å²) >= 11 is 0. The van der Waals surface area contributed by atoms with Gasteiger partial charge in [-0.3, -0.25) is 0 Å². The lowest BCUT2D eigenvalue weighted by molar-refractivity contribution is 0.292. The summed E-state index contributed by atoms with van der Waals surface area (Å²) in [6.07, 6.45) is 4.19. The van der Waals surface area contributed by atoms with Crippen molar-refractivity contribution in [3.05, 3.63) is 24.3 Å². The minimum atomic E-state index is -3.42. The van der Waals surface area contributed by atoms with Gasteiger partial charge in [-0.15, -0.1) is 0 Å². The third-order valence-corrected chi connectivity index (χ3v) is 5.70. The molecule has 1 saturated carbocycles. The summed E-state index contributed by atoms with van der Waals surface area (Å²) < 4.78 is 27.4. The maximum Gasteiger partial charge on any atom is 0.243 e. The molecule has 5 heteroatoms. The number of hydrogen-bond donors (Lipinski definition) is 1. The first-order valence-corrected chi connectivity index (χ1v) is 8.72. The molecule has 0 amide bonds. The summed E-state index contributed by atoms with van der Waals surface area (Å²) in [6, 6.07) is 6.66. The lowest BCUT2D eigenvalue weighted by atomic mass is 10.2. The molecule has 0 aromatic heterocycles. The molecule has 0 atom stereocenters. The lowest BCUT2D eigenvalue weighted by Gasteiger charge is -2.29. The van der Waals surface area contributed by atoms with Crippen LogP contribution in [0.25, 0.3) is 0 Å². The second-order valence-electron chi connectivity index (χ2n) is 5.98. The largest absolute Gasteiger partial charge is 0.399 e. The fourth-order valence-electron chi connectivity index (χ4n) is 2.77. The van der Waals surface area contributed by atoms with E-state index in [1.54, 1.807) is 28.6 Å². The van der Waals surface area contributed by atoms with E-state index < -0.39 is 10.0 Å². The Bertz CT molecular complexity index is 531. The van der Waals surface area contributed by atoms with E-state index in [1.807, 2.05) is 0 Å². The molecule has 1 aliphatic rings. The second-order valence-corrected chi connectivity index (χ2v) is 7.87. The molecule has 4 nitrogen and oxygen atoms in total. The predicted octanol–water partition coefficient (Wildman–Crippen LogP) is 2.86. The van der Waals surface area contributed by atoms with Crippen LogP contribution in [0.1, 0.15) is 39.5 Å². The monoisotopic (exact) mass is 296 g/mol. The van der Waals surface area contributed by atoms with Crippen molar-refractivity contribution in [2.45, 2.75) is 50.5 Å². The first kappa shape index (κ1) is 15.3. The van der Waals surface area contributed by atoms with Gasteiger partial charge >= 0.3 is 0 Å². The molecule has 1 aliphatic carbocycles. The van der Waals surface area contributed by atoms with Crippen LogP contribution in [0.2, 0.25) is 0 Å². The zero-order valence-electron chi connectivity index (χ0n) is 12.2. The normalized spacial score (nSPS) is 17.2. The van der Waals surface area contributed by atoms with Crippen molar-refractivity contribution in [2.75, 3.05) is 12.3 Å². The fourth-order valence-corrected chi connectivity index (χ4v) is 4.62. The summed E-state index contributed by atoms with van der Waals surface area (Å²) in [7, 11) is -3.42. The van der Waals surface area contributed by atoms with Gasteiger partial charge in [0.1, 0.15) is 0 Å². The summed E-state index contributed by atoms with van der Waals surface area (Å²) in [5.41, 5.74) is 6.22. The molecule has 1 aromatic rings. The summed E-state index contributed by atoms with van der Waals surface area (Å²) in [5.74, 6) is 0.319. The Morgan fingerprint density at radius 2 is 1.75 bits per heavy atom. The van der Waals surface area contributed by atoms with E-state index in [9.17, 15) is 8.42 Å². The van der Waals surface area contributed by atoms with Gasteiger partial charge in [0.25, 0.3) is 0 Å². The molecular formula is C15H24N2O2S. The van der Waals surface area contributed by atoms with Crippen LogP contribution in [0.15, 0.2) is 29.2 Å². The smallest absolute Gasteiger partial charge is 0.243 e. The third kappa shape index (κ3) is 3.33. The molecule has 0 spiro atoms. The maximum atomic E-state index is 12.9. The highest BCUT2D eigenvalue weighted by Gasteiger charge is 2.33. The number of hydrogen-bond acceptors (Lipinski definition) is 3. The molecule has 1 aromatic carbocycles. The molecule has 0 saturated heterocycles. The molecule has 0 bridgehead atoms. The van der Waals surface area contributed by atoms with E-state index >= 15 is 0 Å². The predicted molar refractivity (Wildman–Crippen MR) is 81.8 cm³/mol. The van der Waals surface area contributed by atoms with Gasteiger partial charge in [-0.1, -0.05) is 26.7 Å². The van der Waals surface area contributed by atoms with Gasteiger partial charge in [0.15, 0.2) is 0 Å². The third-order valence-electron chi connectivity index (χ3n) is 3.76. The van der Waals surface area contributed by atoms with Crippen molar-refractivity contribution in [3.63, 3.8) is 0 Å². The van der Waals surface area contributed by atoms with Crippen molar-refractivity contribution in [1.82, 2.24) is 4.31 Å². The standard InChI is InChI=1S/C15H24N2O2S/c1-12(2)11-17(14-5-3-4-6-14)20(18,19)15-9-7-13(16)8-10-15/h7-10,12,14H,3-6,11,16H2,1-2H3. The number of nitrogen functional groups attached to an aromatic ring is 1. The van der Waals surface area contributed by atoms with E-state index in [2.05, 4.69) is 13.8 Å². The molecule has 112 valence electrons. The highest BCUT2D eigenvalue weighted by Crippen LogP contribution is 2.29. The Kier molecular flexibility index (Phi) is 4.70. The van der Waals surface area contributed by atoms with Crippen LogP contribution in [0.5, 0.6) is 0 Å². The molecule has 0 radical (unpaired) electrons. The minimum Gasteiger partial charge on any atom is -0.399 e. The minimum absolute atomic E-state index is 0.153. The second kappa shape index (κ2) is 6.14. The Labute approximate surface area is 122 Å².